The van der Waals surface area contributed by atoms with Crippen LogP contribution in [0.25, 0.3) is 28.0 Å². The van der Waals surface area contributed by atoms with E-state index in [4.69, 9.17) is 10.2 Å². The highest BCUT2D eigenvalue weighted by Crippen LogP contribution is 2.32. The molecule has 5 rings (SSSR count). The summed E-state index contributed by atoms with van der Waals surface area (Å²) in [6, 6.07) is 7.44. The van der Waals surface area contributed by atoms with Crippen LogP contribution in [0.4, 0.5) is 16.0 Å². The number of nitrogens with zero attached hydrogens (tertiary/aromatic N) is 6. The van der Waals surface area contributed by atoms with Crippen LogP contribution in [0.15, 0.2) is 45.9 Å². The maximum atomic E-state index is 14.6. The predicted molar refractivity (Wildman–Crippen MR) is 123 cm³/mol. The van der Waals surface area contributed by atoms with Gasteiger partial charge in [-0.25, -0.2) is 14.4 Å². The molecule has 0 saturated heterocycles. The lowest BCUT2D eigenvalue weighted by atomic mass is 10.1. The molecule has 34 heavy (non-hydrogen) atoms. The first-order chi connectivity index (χ1) is 16.3. The standard InChI is InChI=1S/C22H20FN9O2/c1-10-7-16(30-28-10)32-15(8-13-5-4-6-14(23)17(13)22(32)33)11(2)27-20-18(19(24)25-9-26-20)21-31-29-12(3)34-21/h4-9,11H,1-3H3,(H,28,30)(H3,24,25,26,27)/t11-/m0/s1. The van der Waals surface area contributed by atoms with Crippen molar-refractivity contribution >= 4 is 22.4 Å². The van der Waals surface area contributed by atoms with Gasteiger partial charge >= 0.3 is 0 Å². The minimum absolute atomic E-state index is 0.0209. The summed E-state index contributed by atoms with van der Waals surface area (Å²) < 4.78 is 21.5. The van der Waals surface area contributed by atoms with Gasteiger partial charge in [0.05, 0.1) is 17.1 Å². The third kappa shape index (κ3) is 3.54. The maximum absolute atomic E-state index is 14.6. The van der Waals surface area contributed by atoms with E-state index in [1.165, 1.54) is 17.0 Å². The number of aromatic amines is 1. The second kappa shape index (κ2) is 8.06. The molecule has 1 atom stereocenters. The normalized spacial score (nSPS) is 12.2. The highest BCUT2D eigenvalue weighted by atomic mass is 19.1. The minimum atomic E-state index is -0.603. The van der Waals surface area contributed by atoms with Gasteiger partial charge in [-0.2, -0.15) is 5.10 Å². The third-order valence-electron chi connectivity index (χ3n) is 5.36. The molecule has 5 aromatic rings. The van der Waals surface area contributed by atoms with Crippen LogP contribution in [0.3, 0.4) is 0 Å². The number of fused-ring (bicyclic) bond motifs is 1. The average Bonchev–Trinajstić information content (AvgIpc) is 3.41. The van der Waals surface area contributed by atoms with E-state index in [2.05, 4.69) is 35.7 Å². The molecule has 4 aromatic heterocycles. The van der Waals surface area contributed by atoms with Gasteiger partial charge in [-0.1, -0.05) is 12.1 Å². The van der Waals surface area contributed by atoms with E-state index in [1.807, 2.05) is 13.8 Å². The Balaban J connectivity index is 1.67. The number of nitrogens with two attached hydrogens (primary N) is 1. The highest BCUT2D eigenvalue weighted by molar-refractivity contribution is 5.83. The number of aromatic nitrogens is 7. The van der Waals surface area contributed by atoms with Crippen LogP contribution in [0.1, 0.15) is 30.2 Å². The molecular formula is C22H20FN9O2. The number of pyridine rings is 1. The zero-order valence-electron chi connectivity index (χ0n) is 18.5. The number of hydrogen-bond acceptors (Lipinski definition) is 9. The second-order valence-corrected chi connectivity index (χ2v) is 7.80. The lowest BCUT2D eigenvalue weighted by Gasteiger charge is -2.21. The minimum Gasteiger partial charge on any atom is -0.421 e. The topological polar surface area (TPSA) is 153 Å². The van der Waals surface area contributed by atoms with Gasteiger partial charge in [-0.15, -0.1) is 10.2 Å². The summed E-state index contributed by atoms with van der Waals surface area (Å²) in [4.78, 5) is 21.8. The fourth-order valence-electron chi connectivity index (χ4n) is 3.81. The van der Waals surface area contributed by atoms with Crippen molar-refractivity contribution in [3.63, 3.8) is 0 Å². The number of halogens is 1. The molecule has 0 unspecified atom stereocenters. The molecule has 0 spiro atoms. The largest absolute Gasteiger partial charge is 0.421 e. The van der Waals surface area contributed by atoms with E-state index >= 15 is 0 Å². The van der Waals surface area contributed by atoms with Gasteiger partial charge in [0, 0.05) is 18.7 Å². The summed E-state index contributed by atoms with van der Waals surface area (Å²) in [6.45, 7) is 5.30. The molecule has 11 nitrogen and oxygen atoms in total. The summed E-state index contributed by atoms with van der Waals surface area (Å²) in [5.74, 6) is 0.733. The Bertz CT molecular complexity index is 1590. The molecule has 0 amide bonds. The molecule has 4 heterocycles. The number of nitrogens with one attached hydrogen (secondary N) is 2. The molecular weight excluding hydrogens is 441 g/mol. The Labute approximate surface area is 191 Å². The highest BCUT2D eigenvalue weighted by Gasteiger charge is 2.23. The summed E-state index contributed by atoms with van der Waals surface area (Å²) in [7, 11) is 0. The van der Waals surface area contributed by atoms with Crippen LogP contribution in [0.5, 0.6) is 0 Å². The first-order valence-corrected chi connectivity index (χ1v) is 10.4. The van der Waals surface area contributed by atoms with Crippen LogP contribution < -0.4 is 16.6 Å². The van der Waals surface area contributed by atoms with Gasteiger partial charge in [0.25, 0.3) is 11.4 Å². The molecule has 0 bridgehead atoms. The number of anilines is 2. The number of hydrogen-bond donors (Lipinski definition) is 3. The van der Waals surface area contributed by atoms with Crippen molar-refractivity contribution in [2.45, 2.75) is 26.8 Å². The number of H-pyrrole nitrogens is 1. The lowest BCUT2D eigenvalue weighted by molar-refractivity contribution is 0.532. The summed E-state index contributed by atoms with van der Waals surface area (Å²) in [6.07, 6.45) is 1.30. The van der Waals surface area contributed by atoms with E-state index in [1.54, 1.807) is 31.2 Å². The Morgan fingerprint density at radius 2 is 2.03 bits per heavy atom. The number of rotatable bonds is 5. The molecule has 0 aliphatic heterocycles. The van der Waals surface area contributed by atoms with Crippen LogP contribution in [-0.2, 0) is 0 Å². The van der Waals surface area contributed by atoms with Crippen molar-refractivity contribution in [3.05, 3.63) is 70.1 Å². The molecule has 0 radical (unpaired) electrons. The molecule has 12 heteroatoms. The Kier molecular flexibility index (Phi) is 5.04. The molecule has 172 valence electrons. The van der Waals surface area contributed by atoms with Crippen LogP contribution in [0.2, 0.25) is 0 Å². The van der Waals surface area contributed by atoms with E-state index in [0.29, 0.717) is 34.2 Å². The number of nitrogen functional groups attached to an aromatic ring is 1. The van der Waals surface area contributed by atoms with Crippen LogP contribution in [-0.4, -0.2) is 34.9 Å². The second-order valence-electron chi connectivity index (χ2n) is 7.80. The van der Waals surface area contributed by atoms with Crippen molar-refractivity contribution in [2.24, 2.45) is 0 Å². The monoisotopic (exact) mass is 461 g/mol. The van der Waals surface area contributed by atoms with E-state index < -0.39 is 17.4 Å². The van der Waals surface area contributed by atoms with Crippen molar-refractivity contribution in [3.8, 4) is 17.3 Å². The van der Waals surface area contributed by atoms with Gasteiger partial charge in [0.15, 0.2) is 5.82 Å². The van der Waals surface area contributed by atoms with Gasteiger partial charge < -0.3 is 15.5 Å². The molecule has 0 saturated carbocycles. The Morgan fingerprint density at radius 1 is 1.21 bits per heavy atom. The quantitative estimate of drug-likeness (QED) is 0.358. The summed E-state index contributed by atoms with van der Waals surface area (Å²) in [5, 5.41) is 18.6. The van der Waals surface area contributed by atoms with Crippen molar-refractivity contribution in [1.29, 1.82) is 0 Å². The van der Waals surface area contributed by atoms with Crippen molar-refractivity contribution < 1.29 is 8.81 Å². The molecule has 0 fully saturated rings. The number of benzene rings is 1. The summed E-state index contributed by atoms with van der Waals surface area (Å²) in [5.41, 5.74) is 7.18. The lowest BCUT2D eigenvalue weighted by Crippen LogP contribution is -2.26. The maximum Gasteiger partial charge on any atom is 0.267 e. The fraction of sp³-hybridized carbons (Fsp3) is 0.182. The zero-order chi connectivity index (χ0) is 24.0. The fourth-order valence-corrected chi connectivity index (χ4v) is 3.81. The van der Waals surface area contributed by atoms with Crippen molar-refractivity contribution in [2.75, 3.05) is 11.1 Å². The van der Waals surface area contributed by atoms with E-state index in [9.17, 15) is 9.18 Å². The predicted octanol–water partition coefficient (Wildman–Crippen LogP) is 3.07. The molecule has 0 aliphatic carbocycles. The Hall–Kier alpha value is -4.61. The zero-order valence-corrected chi connectivity index (χ0v) is 18.5. The average molecular weight is 461 g/mol. The molecule has 1 aromatic carbocycles. The molecule has 0 aliphatic rings. The van der Waals surface area contributed by atoms with Gasteiger partial charge in [0.1, 0.15) is 29.3 Å². The van der Waals surface area contributed by atoms with Gasteiger partial charge in [0.2, 0.25) is 5.89 Å². The summed E-state index contributed by atoms with van der Waals surface area (Å²) >= 11 is 0. The third-order valence-corrected chi connectivity index (χ3v) is 5.36. The van der Waals surface area contributed by atoms with Crippen LogP contribution >= 0.6 is 0 Å². The molecule has 4 N–H and O–H groups in total. The van der Waals surface area contributed by atoms with Gasteiger partial charge in [-0.3, -0.25) is 14.5 Å². The van der Waals surface area contributed by atoms with Crippen LogP contribution in [0, 0.1) is 19.7 Å². The smallest absolute Gasteiger partial charge is 0.267 e. The Morgan fingerprint density at radius 3 is 2.74 bits per heavy atom. The number of aryl methyl sites for hydroxylation is 2. The van der Waals surface area contributed by atoms with Crippen molar-refractivity contribution in [1.82, 2.24) is 34.9 Å². The van der Waals surface area contributed by atoms with E-state index in [0.717, 1.165) is 5.69 Å². The first kappa shape index (κ1) is 21.2. The van der Waals surface area contributed by atoms with Gasteiger partial charge in [-0.05, 0) is 31.4 Å². The van der Waals surface area contributed by atoms with E-state index in [-0.39, 0.29) is 17.1 Å². The SMILES string of the molecule is Cc1cc(-n2c([C@H](C)Nc3ncnc(N)c3-c3nnc(C)o3)cc3cccc(F)c3c2=O)n[nH]1. The first-order valence-electron chi connectivity index (χ1n) is 10.4.